The van der Waals surface area contributed by atoms with Gasteiger partial charge in [-0.25, -0.2) is 19.9 Å². The Morgan fingerprint density at radius 3 is 2.58 bits per heavy atom. The number of piperazine rings is 1. The Hall–Kier alpha value is -2.77. The van der Waals surface area contributed by atoms with E-state index < -0.39 is 0 Å². The second-order valence-corrected chi connectivity index (χ2v) is 5.54. The standard InChI is InChI=1S/C16H21N7O/c1-2-4-17-14-11-13(20-12-21-14)15(24)22-7-9-23(10-8-22)16-18-5-3-6-19-16/h3,5-6,11-12H,2,4,7-10H2,1H3,(H,17,20,21). The lowest BCUT2D eigenvalue weighted by atomic mass is 10.2. The molecule has 1 N–H and O–H groups in total. The molecule has 8 heteroatoms. The molecule has 1 fully saturated rings. The van der Waals surface area contributed by atoms with Gasteiger partial charge in [-0.1, -0.05) is 6.92 Å². The minimum Gasteiger partial charge on any atom is -0.370 e. The maximum atomic E-state index is 12.6. The first kappa shape index (κ1) is 16.1. The number of anilines is 2. The van der Waals surface area contributed by atoms with Crippen molar-refractivity contribution in [2.45, 2.75) is 13.3 Å². The van der Waals surface area contributed by atoms with E-state index >= 15 is 0 Å². The zero-order chi connectivity index (χ0) is 16.8. The number of carbonyl (C=O) groups excluding carboxylic acids is 1. The summed E-state index contributed by atoms with van der Waals surface area (Å²) in [4.78, 5) is 33.3. The van der Waals surface area contributed by atoms with Crippen molar-refractivity contribution < 1.29 is 4.79 Å². The fourth-order valence-electron chi connectivity index (χ4n) is 2.55. The lowest BCUT2D eigenvalue weighted by molar-refractivity contribution is 0.0740. The molecule has 1 aliphatic heterocycles. The van der Waals surface area contributed by atoms with E-state index in [1.165, 1.54) is 6.33 Å². The minimum atomic E-state index is -0.0643. The molecule has 2 aromatic heterocycles. The van der Waals surface area contributed by atoms with Crippen molar-refractivity contribution in [3.8, 4) is 0 Å². The monoisotopic (exact) mass is 327 g/mol. The number of nitrogens with zero attached hydrogens (tertiary/aromatic N) is 6. The van der Waals surface area contributed by atoms with Crippen LogP contribution in [0.4, 0.5) is 11.8 Å². The summed E-state index contributed by atoms with van der Waals surface area (Å²) in [7, 11) is 0. The van der Waals surface area contributed by atoms with Crippen LogP contribution in [0.1, 0.15) is 23.8 Å². The fraction of sp³-hybridized carbons (Fsp3) is 0.438. The first-order valence-electron chi connectivity index (χ1n) is 8.15. The average Bonchev–Trinajstić information content (AvgIpc) is 2.67. The van der Waals surface area contributed by atoms with Crippen molar-refractivity contribution >= 4 is 17.7 Å². The molecule has 8 nitrogen and oxygen atoms in total. The third kappa shape index (κ3) is 3.76. The predicted octanol–water partition coefficient (Wildman–Crippen LogP) is 1.05. The summed E-state index contributed by atoms with van der Waals surface area (Å²) in [5, 5.41) is 3.17. The zero-order valence-corrected chi connectivity index (χ0v) is 13.7. The highest BCUT2D eigenvalue weighted by molar-refractivity contribution is 5.93. The van der Waals surface area contributed by atoms with Gasteiger partial charge in [0.2, 0.25) is 5.95 Å². The van der Waals surface area contributed by atoms with Crippen molar-refractivity contribution in [2.75, 3.05) is 42.9 Å². The lowest BCUT2D eigenvalue weighted by Gasteiger charge is -2.34. The van der Waals surface area contributed by atoms with Gasteiger partial charge in [0.05, 0.1) is 0 Å². The Labute approximate surface area is 141 Å². The van der Waals surface area contributed by atoms with Crippen LogP contribution >= 0.6 is 0 Å². The van der Waals surface area contributed by atoms with Gasteiger partial charge in [0.25, 0.3) is 5.91 Å². The van der Waals surface area contributed by atoms with Crippen LogP contribution in [0.25, 0.3) is 0 Å². The molecule has 0 unspecified atom stereocenters. The molecule has 0 bridgehead atoms. The van der Waals surface area contributed by atoms with E-state index in [4.69, 9.17) is 0 Å². The summed E-state index contributed by atoms with van der Waals surface area (Å²) in [6.07, 6.45) is 5.88. The normalized spacial score (nSPS) is 14.5. The van der Waals surface area contributed by atoms with Gasteiger partial charge in [0.1, 0.15) is 17.8 Å². The smallest absolute Gasteiger partial charge is 0.272 e. The molecule has 0 aromatic carbocycles. The van der Waals surface area contributed by atoms with Gasteiger partial charge in [0, 0.05) is 51.2 Å². The number of aromatic nitrogens is 4. The highest BCUT2D eigenvalue weighted by atomic mass is 16.2. The third-order valence-electron chi connectivity index (χ3n) is 3.84. The van der Waals surface area contributed by atoms with Gasteiger partial charge >= 0.3 is 0 Å². The SMILES string of the molecule is CCCNc1cc(C(=O)N2CCN(c3ncccn3)CC2)ncn1. The Morgan fingerprint density at radius 1 is 1.12 bits per heavy atom. The molecule has 2 aromatic rings. The van der Waals surface area contributed by atoms with Crippen molar-refractivity contribution in [3.05, 3.63) is 36.5 Å². The third-order valence-corrected chi connectivity index (χ3v) is 3.84. The lowest BCUT2D eigenvalue weighted by Crippen LogP contribution is -2.49. The topological polar surface area (TPSA) is 87.1 Å². The van der Waals surface area contributed by atoms with E-state index in [1.54, 1.807) is 24.5 Å². The Morgan fingerprint density at radius 2 is 1.88 bits per heavy atom. The number of hydrogen-bond donors (Lipinski definition) is 1. The van der Waals surface area contributed by atoms with Crippen molar-refractivity contribution in [2.24, 2.45) is 0 Å². The summed E-state index contributed by atoms with van der Waals surface area (Å²) in [6.45, 7) is 5.57. The Bertz CT molecular complexity index is 671. The molecule has 0 saturated carbocycles. The van der Waals surface area contributed by atoms with E-state index in [1.807, 2.05) is 4.90 Å². The molecule has 1 aliphatic rings. The summed E-state index contributed by atoms with van der Waals surface area (Å²) in [6, 6.07) is 3.51. The van der Waals surface area contributed by atoms with Crippen LogP contribution in [0.5, 0.6) is 0 Å². The zero-order valence-electron chi connectivity index (χ0n) is 13.7. The van der Waals surface area contributed by atoms with E-state index in [0.29, 0.717) is 43.6 Å². The molecule has 0 aliphatic carbocycles. The Kier molecular flexibility index (Phi) is 5.15. The summed E-state index contributed by atoms with van der Waals surface area (Å²) >= 11 is 0. The molecule has 3 rings (SSSR count). The second-order valence-electron chi connectivity index (χ2n) is 5.54. The number of hydrogen-bond acceptors (Lipinski definition) is 7. The summed E-state index contributed by atoms with van der Waals surface area (Å²) in [5.74, 6) is 1.33. The predicted molar refractivity (Wildman–Crippen MR) is 91.0 cm³/mol. The molecule has 1 saturated heterocycles. The van der Waals surface area contributed by atoms with Gasteiger partial charge in [-0.2, -0.15) is 0 Å². The van der Waals surface area contributed by atoms with Crippen molar-refractivity contribution in [3.63, 3.8) is 0 Å². The molecule has 126 valence electrons. The minimum absolute atomic E-state index is 0.0643. The molecular weight excluding hydrogens is 306 g/mol. The molecule has 3 heterocycles. The van der Waals surface area contributed by atoms with Crippen LogP contribution in [0.2, 0.25) is 0 Å². The van der Waals surface area contributed by atoms with E-state index in [-0.39, 0.29) is 5.91 Å². The Balaban J connectivity index is 1.61. The average molecular weight is 327 g/mol. The van der Waals surface area contributed by atoms with Crippen LogP contribution in [0.15, 0.2) is 30.9 Å². The molecule has 0 atom stereocenters. The number of rotatable bonds is 5. The van der Waals surface area contributed by atoms with Crippen LogP contribution < -0.4 is 10.2 Å². The second kappa shape index (κ2) is 7.67. The number of amides is 1. The molecule has 24 heavy (non-hydrogen) atoms. The van der Waals surface area contributed by atoms with Crippen LogP contribution in [-0.2, 0) is 0 Å². The maximum Gasteiger partial charge on any atom is 0.272 e. The van der Waals surface area contributed by atoms with Gasteiger partial charge in [-0.15, -0.1) is 0 Å². The van der Waals surface area contributed by atoms with Crippen LogP contribution in [0.3, 0.4) is 0 Å². The molecule has 0 radical (unpaired) electrons. The number of nitrogens with one attached hydrogen (secondary N) is 1. The fourth-order valence-corrected chi connectivity index (χ4v) is 2.55. The van der Waals surface area contributed by atoms with Crippen LogP contribution in [-0.4, -0.2) is 63.5 Å². The first-order valence-corrected chi connectivity index (χ1v) is 8.15. The molecule has 1 amide bonds. The highest BCUT2D eigenvalue weighted by Gasteiger charge is 2.24. The van der Waals surface area contributed by atoms with Crippen molar-refractivity contribution in [1.82, 2.24) is 24.8 Å². The maximum absolute atomic E-state index is 12.6. The highest BCUT2D eigenvalue weighted by Crippen LogP contribution is 2.13. The van der Waals surface area contributed by atoms with Crippen LogP contribution in [0, 0.1) is 0 Å². The van der Waals surface area contributed by atoms with Gasteiger partial charge in [-0.05, 0) is 12.5 Å². The van der Waals surface area contributed by atoms with Crippen molar-refractivity contribution in [1.29, 1.82) is 0 Å². The van der Waals surface area contributed by atoms with E-state index in [9.17, 15) is 4.79 Å². The largest absolute Gasteiger partial charge is 0.370 e. The van der Waals surface area contributed by atoms with E-state index in [2.05, 4.69) is 37.1 Å². The van der Waals surface area contributed by atoms with E-state index in [0.717, 1.165) is 13.0 Å². The van der Waals surface area contributed by atoms with Gasteiger partial charge < -0.3 is 15.1 Å². The van der Waals surface area contributed by atoms with Gasteiger partial charge in [-0.3, -0.25) is 4.79 Å². The molecular formula is C16H21N7O. The quantitative estimate of drug-likeness (QED) is 0.878. The number of carbonyl (C=O) groups is 1. The summed E-state index contributed by atoms with van der Waals surface area (Å²) < 4.78 is 0. The first-order chi connectivity index (χ1) is 11.8. The summed E-state index contributed by atoms with van der Waals surface area (Å²) in [5.41, 5.74) is 0.424. The van der Waals surface area contributed by atoms with Gasteiger partial charge in [0.15, 0.2) is 0 Å². The molecule has 0 spiro atoms.